The molecule has 0 amide bonds. The van der Waals surface area contributed by atoms with Gasteiger partial charge >= 0.3 is 0 Å². The van der Waals surface area contributed by atoms with Gasteiger partial charge in [-0.25, -0.2) is 9.97 Å². The van der Waals surface area contributed by atoms with Crippen molar-refractivity contribution >= 4 is 56.1 Å². The highest BCUT2D eigenvalue weighted by atomic mass is 32.1. The highest BCUT2D eigenvalue weighted by Crippen LogP contribution is 2.41. The monoisotopic (exact) mass is 692 g/mol. The van der Waals surface area contributed by atoms with Crippen LogP contribution in [0.5, 0.6) is 0 Å². The lowest BCUT2D eigenvalue weighted by atomic mass is 9.90. The minimum absolute atomic E-state index is 0.251. The molecule has 3 aromatic carbocycles. The third-order valence-corrected chi connectivity index (χ3v) is 9.77. The molecule has 0 saturated carbocycles. The fourth-order valence-electron chi connectivity index (χ4n) is 6.43. The van der Waals surface area contributed by atoms with Crippen molar-refractivity contribution in [2.24, 2.45) is 10.2 Å². The Morgan fingerprint density at radius 3 is 1.80 bits per heavy atom. The van der Waals surface area contributed by atoms with Gasteiger partial charge in [-0.15, -0.1) is 10.2 Å². The molecule has 0 aliphatic heterocycles. The standard InChI is InChI=1S/C40H40N10S/c1-21-15-23(3)32(24(4)16-21)44-36-28(19-41)27(7)34(37(46-36)45-33-25(5)17-22(2)18-26(33)6)47-48-38-29(20-42)35(40(8,9)10)49-50(38)39-43-30-13-11-12-14-31(30)51-39/h11-18H,1-10H3,(H2,44,45,46). The SMILES string of the molecule is Cc1cc(C)c(Nc2nc(Nc3c(C)cc(C)cc3C)c(N=Nc3c(C#N)c(C(C)(C)C)nn3-c3nc4ccccc4s3)c(C)c2C#N)c(C)c1. The summed E-state index contributed by atoms with van der Waals surface area (Å²) >= 11 is 1.46. The molecule has 6 rings (SSSR count). The third kappa shape index (κ3) is 6.69. The first-order chi connectivity index (χ1) is 24.2. The lowest BCUT2D eigenvalue weighted by molar-refractivity contribution is 0.559. The van der Waals surface area contributed by atoms with Gasteiger partial charge in [0.1, 0.15) is 23.4 Å². The molecule has 3 heterocycles. The highest BCUT2D eigenvalue weighted by Gasteiger charge is 2.29. The largest absolute Gasteiger partial charge is 0.339 e. The van der Waals surface area contributed by atoms with Crippen molar-refractivity contribution in [3.8, 4) is 17.3 Å². The van der Waals surface area contributed by atoms with Crippen LogP contribution in [0.1, 0.15) is 76.5 Å². The number of para-hydroxylation sites is 1. The summed E-state index contributed by atoms with van der Waals surface area (Å²) in [6, 6.07) is 20.9. The molecule has 0 unspecified atom stereocenters. The van der Waals surface area contributed by atoms with E-state index in [1.807, 2.05) is 79.7 Å². The summed E-state index contributed by atoms with van der Waals surface area (Å²) in [6.45, 7) is 20.1. The summed E-state index contributed by atoms with van der Waals surface area (Å²) in [5.41, 5.74) is 10.8. The van der Waals surface area contributed by atoms with Gasteiger partial charge in [-0.1, -0.05) is 79.6 Å². The van der Waals surface area contributed by atoms with E-state index in [2.05, 4.69) is 60.9 Å². The first kappa shape index (κ1) is 34.9. The molecule has 0 atom stereocenters. The smallest absolute Gasteiger partial charge is 0.213 e. The van der Waals surface area contributed by atoms with Crippen LogP contribution >= 0.6 is 11.3 Å². The second-order valence-corrected chi connectivity index (χ2v) is 15.1. The van der Waals surface area contributed by atoms with Gasteiger partial charge in [-0.3, -0.25) is 0 Å². The molecule has 6 aromatic rings. The number of anilines is 4. The molecule has 0 aliphatic rings. The topological polar surface area (TPSA) is 140 Å². The van der Waals surface area contributed by atoms with Crippen LogP contribution in [-0.2, 0) is 5.41 Å². The molecule has 10 nitrogen and oxygen atoms in total. The zero-order valence-corrected chi connectivity index (χ0v) is 31.4. The van der Waals surface area contributed by atoms with Crippen LogP contribution in [0.15, 0.2) is 58.8 Å². The number of pyridine rings is 1. The van der Waals surface area contributed by atoms with E-state index in [-0.39, 0.29) is 5.82 Å². The van der Waals surface area contributed by atoms with Crippen molar-refractivity contribution < 1.29 is 0 Å². The molecule has 2 N–H and O–H groups in total. The van der Waals surface area contributed by atoms with E-state index in [1.54, 1.807) is 4.68 Å². The highest BCUT2D eigenvalue weighted by molar-refractivity contribution is 7.20. The predicted octanol–water partition coefficient (Wildman–Crippen LogP) is 11.0. The molecule has 51 heavy (non-hydrogen) atoms. The molecule has 0 aliphatic carbocycles. The number of nitriles is 2. The van der Waals surface area contributed by atoms with E-state index in [9.17, 15) is 10.5 Å². The molecule has 0 radical (unpaired) electrons. The summed E-state index contributed by atoms with van der Waals surface area (Å²) in [5.74, 6) is 1.07. The number of hydrogen-bond donors (Lipinski definition) is 2. The van der Waals surface area contributed by atoms with Gasteiger partial charge in [0.15, 0.2) is 17.5 Å². The zero-order valence-electron chi connectivity index (χ0n) is 30.6. The van der Waals surface area contributed by atoms with Crippen LogP contribution < -0.4 is 10.6 Å². The Balaban J connectivity index is 1.58. The summed E-state index contributed by atoms with van der Waals surface area (Å²) < 4.78 is 2.58. The van der Waals surface area contributed by atoms with Crippen LogP contribution in [0.2, 0.25) is 0 Å². The average Bonchev–Trinajstić information content (AvgIpc) is 3.65. The fraction of sp³-hybridized carbons (Fsp3) is 0.275. The van der Waals surface area contributed by atoms with Gasteiger partial charge in [0.05, 0.1) is 21.5 Å². The van der Waals surface area contributed by atoms with Crippen molar-refractivity contribution in [1.82, 2.24) is 19.7 Å². The van der Waals surface area contributed by atoms with Crippen LogP contribution in [0.3, 0.4) is 0 Å². The van der Waals surface area contributed by atoms with E-state index in [1.165, 1.54) is 11.3 Å². The molecule has 0 fully saturated rings. The van der Waals surface area contributed by atoms with E-state index in [4.69, 9.17) is 25.3 Å². The van der Waals surface area contributed by atoms with Crippen molar-refractivity contribution in [2.45, 2.75) is 74.7 Å². The van der Waals surface area contributed by atoms with Crippen molar-refractivity contribution in [3.05, 3.63) is 104 Å². The maximum absolute atomic E-state index is 10.5. The number of rotatable bonds is 7. The Morgan fingerprint density at radius 2 is 1.27 bits per heavy atom. The van der Waals surface area contributed by atoms with Gasteiger partial charge in [0.2, 0.25) is 5.13 Å². The lowest BCUT2D eigenvalue weighted by Crippen LogP contribution is -2.14. The van der Waals surface area contributed by atoms with Crippen LogP contribution in [0, 0.1) is 71.1 Å². The van der Waals surface area contributed by atoms with Crippen molar-refractivity contribution in [1.29, 1.82) is 10.5 Å². The number of benzene rings is 3. The minimum atomic E-state index is -0.463. The van der Waals surface area contributed by atoms with E-state index in [0.717, 1.165) is 55.0 Å². The Labute approximate surface area is 302 Å². The summed E-state index contributed by atoms with van der Waals surface area (Å²) in [5, 5.41) is 43.0. The van der Waals surface area contributed by atoms with Gasteiger partial charge in [0.25, 0.3) is 0 Å². The Bertz CT molecular complexity index is 2380. The van der Waals surface area contributed by atoms with Gasteiger partial charge < -0.3 is 10.6 Å². The molecule has 256 valence electrons. The fourth-order valence-corrected chi connectivity index (χ4v) is 7.35. The summed E-state index contributed by atoms with van der Waals surface area (Å²) in [4.78, 5) is 9.83. The van der Waals surface area contributed by atoms with E-state index in [0.29, 0.717) is 44.8 Å². The normalized spacial score (nSPS) is 11.6. The van der Waals surface area contributed by atoms with Gasteiger partial charge in [-0.05, 0) is 82.9 Å². The number of nitrogens with one attached hydrogen (secondary N) is 2. The molecule has 3 aromatic heterocycles. The minimum Gasteiger partial charge on any atom is -0.339 e. The Hall–Kier alpha value is -5.91. The molecule has 0 bridgehead atoms. The number of fused-ring (bicyclic) bond motifs is 1. The summed E-state index contributed by atoms with van der Waals surface area (Å²) in [6.07, 6.45) is 0. The molecule has 11 heteroatoms. The second kappa shape index (κ2) is 13.4. The molecule has 0 saturated heterocycles. The Morgan fingerprint density at radius 1 is 0.725 bits per heavy atom. The number of azo groups is 1. The van der Waals surface area contributed by atoms with Crippen LogP contribution in [0.25, 0.3) is 15.3 Å². The maximum atomic E-state index is 10.5. The third-order valence-electron chi connectivity index (χ3n) is 8.76. The van der Waals surface area contributed by atoms with Crippen molar-refractivity contribution in [2.75, 3.05) is 10.6 Å². The molecular formula is C40H40N10S. The predicted molar refractivity (Wildman–Crippen MR) is 206 cm³/mol. The van der Waals surface area contributed by atoms with Crippen molar-refractivity contribution in [3.63, 3.8) is 0 Å². The lowest BCUT2D eigenvalue weighted by Gasteiger charge is -2.19. The zero-order chi connectivity index (χ0) is 36.8. The summed E-state index contributed by atoms with van der Waals surface area (Å²) in [7, 11) is 0. The number of aryl methyl sites for hydroxylation is 6. The number of thiazole rings is 1. The quantitative estimate of drug-likeness (QED) is 0.159. The van der Waals surface area contributed by atoms with Crippen LogP contribution in [0.4, 0.5) is 34.5 Å². The Kier molecular flexibility index (Phi) is 9.20. The number of hydrogen-bond acceptors (Lipinski definition) is 10. The van der Waals surface area contributed by atoms with E-state index < -0.39 is 5.41 Å². The van der Waals surface area contributed by atoms with E-state index >= 15 is 0 Å². The molecule has 0 spiro atoms. The van der Waals surface area contributed by atoms with Crippen LogP contribution in [-0.4, -0.2) is 19.7 Å². The van der Waals surface area contributed by atoms with Gasteiger partial charge in [0, 0.05) is 22.4 Å². The number of aromatic nitrogens is 4. The first-order valence-corrected chi connectivity index (χ1v) is 17.5. The second-order valence-electron chi connectivity index (χ2n) is 14.1. The van der Waals surface area contributed by atoms with Gasteiger partial charge in [-0.2, -0.15) is 20.3 Å². The molecular weight excluding hydrogens is 653 g/mol. The average molecular weight is 693 g/mol. The maximum Gasteiger partial charge on any atom is 0.213 e. The number of nitrogens with zero attached hydrogens (tertiary/aromatic N) is 8. The first-order valence-electron chi connectivity index (χ1n) is 16.7.